The van der Waals surface area contributed by atoms with E-state index in [9.17, 15) is 4.39 Å². The summed E-state index contributed by atoms with van der Waals surface area (Å²) in [7, 11) is 4.15. The number of nitrogens with zero attached hydrogens (tertiary/aromatic N) is 5. The Kier molecular flexibility index (Phi) is 7.60. The van der Waals surface area contributed by atoms with E-state index in [0.29, 0.717) is 52.4 Å². The fourth-order valence-electron chi connectivity index (χ4n) is 7.06. The molecule has 42 heavy (non-hydrogen) atoms. The molecule has 3 aliphatic rings. The third-order valence-corrected chi connectivity index (χ3v) is 10.3. The van der Waals surface area contributed by atoms with Crippen LogP contribution < -0.4 is 10.1 Å². The van der Waals surface area contributed by atoms with Gasteiger partial charge in [0, 0.05) is 53.6 Å². The van der Waals surface area contributed by atoms with Gasteiger partial charge in [0.25, 0.3) is 0 Å². The number of aryl methyl sites for hydroxylation is 1. The lowest BCUT2D eigenvalue weighted by molar-refractivity contribution is 0.0738. The van der Waals surface area contributed by atoms with Gasteiger partial charge in [0.1, 0.15) is 29.8 Å². The van der Waals surface area contributed by atoms with Crippen LogP contribution in [0.5, 0.6) is 6.01 Å². The lowest BCUT2D eigenvalue weighted by atomic mass is 9.75. The minimum absolute atomic E-state index is 0.0121. The molecule has 2 aromatic heterocycles. The van der Waals surface area contributed by atoms with Crippen LogP contribution in [0.4, 0.5) is 14.6 Å². The number of rotatable bonds is 9. The van der Waals surface area contributed by atoms with E-state index in [4.69, 9.17) is 26.7 Å². The molecule has 11 heteroatoms. The summed E-state index contributed by atoms with van der Waals surface area (Å²) in [5.74, 6) is -0.185. The Morgan fingerprint density at radius 1 is 1.24 bits per heavy atom. The molecule has 0 radical (unpaired) electrons. The zero-order valence-corrected chi connectivity index (χ0v) is 25.4. The summed E-state index contributed by atoms with van der Waals surface area (Å²) in [6.45, 7) is 5.76. The molecule has 224 valence electrons. The molecule has 1 saturated carbocycles. The standard InChI is InChI=1S/C31H38ClF2N7O/c1-18-11-23(32)19(2)24(21(18)13-35)27-25(34)26-22(14-36-27)28(37-16-30(40(3)4)7-5-8-30)39-29(38-26)42-17-31-9-6-10-41(31)15-20(33)12-31/h11,13-14,20,35H,5-10,12,15-17H2,1-4H3,(H,37,38,39)/t20-,31?/m1/s1. The molecule has 0 bridgehead atoms. The molecule has 1 aromatic carbocycles. The van der Waals surface area contributed by atoms with Gasteiger partial charge in [0.2, 0.25) is 0 Å². The molecule has 2 N–H and O–H groups in total. The van der Waals surface area contributed by atoms with Crippen LogP contribution in [0, 0.1) is 25.1 Å². The monoisotopic (exact) mass is 597 g/mol. The van der Waals surface area contributed by atoms with Crippen LogP contribution in [0.1, 0.15) is 55.2 Å². The van der Waals surface area contributed by atoms with Gasteiger partial charge in [-0.15, -0.1) is 0 Å². The summed E-state index contributed by atoms with van der Waals surface area (Å²) in [6.07, 6.45) is 7.41. The Morgan fingerprint density at radius 3 is 2.71 bits per heavy atom. The van der Waals surface area contributed by atoms with E-state index in [0.717, 1.165) is 44.2 Å². The van der Waals surface area contributed by atoms with E-state index in [1.165, 1.54) is 6.21 Å². The van der Waals surface area contributed by atoms with Crippen molar-refractivity contribution >= 4 is 34.5 Å². The summed E-state index contributed by atoms with van der Waals surface area (Å²) in [5, 5.41) is 12.4. The third kappa shape index (κ3) is 4.81. The second kappa shape index (κ2) is 11.0. The number of likely N-dealkylation sites (N-methyl/N-ethyl adjacent to an activating group) is 1. The average Bonchev–Trinajstić information content (AvgIpc) is 3.45. The van der Waals surface area contributed by atoms with Crippen molar-refractivity contribution in [1.29, 1.82) is 5.41 Å². The van der Waals surface area contributed by atoms with Crippen molar-refractivity contribution in [2.75, 3.05) is 45.7 Å². The highest BCUT2D eigenvalue weighted by Crippen LogP contribution is 2.42. The maximum absolute atomic E-state index is 16.5. The molecule has 3 aromatic rings. The second-order valence-corrected chi connectivity index (χ2v) is 12.9. The van der Waals surface area contributed by atoms with Gasteiger partial charge in [-0.3, -0.25) is 9.88 Å². The first-order valence-electron chi connectivity index (χ1n) is 14.7. The molecule has 6 rings (SSSR count). The van der Waals surface area contributed by atoms with E-state index >= 15 is 4.39 Å². The molecule has 3 fully saturated rings. The maximum atomic E-state index is 16.5. The number of alkyl halides is 1. The molecule has 0 spiro atoms. The lowest BCUT2D eigenvalue weighted by Crippen LogP contribution is -2.54. The van der Waals surface area contributed by atoms with Crippen LogP contribution >= 0.6 is 11.6 Å². The Labute approximate surface area is 250 Å². The van der Waals surface area contributed by atoms with E-state index < -0.39 is 12.0 Å². The highest BCUT2D eigenvalue weighted by Gasteiger charge is 2.49. The summed E-state index contributed by atoms with van der Waals surface area (Å²) < 4.78 is 37.1. The minimum Gasteiger partial charge on any atom is -0.461 e. The third-order valence-electron chi connectivity index (χ3n) is 9.86. The Bertz CT molecular complexity index is 1550. The molecule has 4 heterocycles. The highest BCUT2D eigenvalue weighted by molar-refractivity contribution is 6.32. The fourth-order valence-corrected chi connectivity index (χ4v) is 7.32. The van der Waals surface area contributed by atoms with Crippen LogP contribution in [0.15, 0.2) is 12.3 Å². The number of halogens is 3. The first kappa shape index (κ1) is 29.1. The Hall–Kier alpha value is -2.95. The summed E-state index contributed by atoms with van der Waals surface area (Å²) >= 11 is 6.49. The number of pyridine rings is 1. The van der Waals surface area contributed by atoms with E-state index in [2.05, 4.69) is 39.2 Å². The van der Waals surface area contributed by atoms with Gasteiger partial charge in [0.05, 0.1) is 10.9 Å². The molecule has 0 amide bonds. The molecular weight excluding hydrogens is 560 g/mol. The average molecular weight is 598 g/mol. The number of hydrogen-bond donors (Lipinski definition) is 2. The number of benzene rings is 1. The Morgan fingerprint density at radius 2 is 2.02 bits per heavy atom. The van der Waals surface area contributed by atoms with Gasteiger partial charge in [-0.05, 0) is 83.8 Å². The largest absolute Gasteiger partial charge is 0.461 e. The smallest absolute Gasteiger partial charge is 0.319 e. The number of ether oxygens (including phenoxy) is 1. The predicted octanol–water partition coefficient (Wildman–Crippen LogP) is 5.95. The topological polar surface area (TPSA) is 90.3 Å². The Balaban J connectivity index is 1.43. The maximum Gasteiger partial charge on any atom is 0.319 e. The van der Waals surface area contributed by atoms with Gasteiger partial charge < -0.3 is 20.4 Å². The normalized spacial score (nSPS) is 23.3. The number of nitrogens with one attached hydrogen (secondary N) is 2. The predicted molar refractivity (Wildman–Crippen MR) is 162 cm³/mol. The van der Waals surface area contributed by atoms with Crippen molar-refractivity contribution in [3.8, 4) is 17.3 Å². The number of fused-ring (bicyclic) bond motifs is 2. The van der Waals surface area contributed by atoms with Crippen molar-refractivity contribution in [3.63, 3.8) is 0 Å². The minimum atomic E-state index is -0.883. The van der Waals surface area contributed by atoms with Crippen LogP contribution in [0.25, 0.3) is 22.2 Å². The van der Waals surface area contributed by atoms with Crippen molar-refractivity contribution in [2.24, 2.45) is 0 Å². The molecule has 1 unspecified atom stereocenters. The van der Waals surface area contributed by atoms with Crippen molar-refractivity contribution < 1.29 is 13.5 Å². The van der Waals surface area contributed by atoms with E-state index in [1.807, 2.05) is 6.92 Å². The number of anilines is 1. The van der Waals surface area contributed by atoms with Crippen LogP contribution in [0.3, 0.4) is 0 Å². The van der Waals surface area contributed by atoms with Crippen molar-refractivity contribution in [2.45, 2.75) is 69.6 Å². The molecule has 2 aliphatic heterocycles. The zero-order valence-electron chi connectivity index (χ0n) is 24.7. The lowest BCUT2D eigenvalue weighted by Gasteiger charge is -2.47. The van der Waals surface area contributed by atoms with Gasteiger partial charge in [-0.1, -0.05) is 11.6 Å². The van der Waals surface area contributed by atoms with E-state index in [1.54, 1.807) is 19.2 Å². The SMILES string of the molecule is Cc1cc(Cl)c(C)c(-c2ncc3c(NCC4(N(C)C)CCC4)nc(OCC45CCCN4C[C@H](F)C5)nc3c2F)c1C=N. The molecule has 8 nitrogen and oxygen atoms in total. The van der Waals surface area contributed by atoms with Crippen LogP contribution in [-0.4, -0.2) is 88.6 Å². The molecule has 2 atom stereocenters. The van der Waals surface area contributed by atoms with Crippen molar-refractivity contribution in [1.82, 2.24) is 24.8 Å². The van der Waals surface area contributed by atoms with E-state index in [-0.39, 0.29) is 34.9 Å². The van der Waals surface area contributed by atoms with Crippen LogP contribution in [-0.2, 0) is 0 Å². The highest BCUT2D eigenvalue weighted by atomic mass is 35.5. The first-order chi connectivity index (χ1) is 20.1. The molecule has 1 aliphatic carbocycles. The summed E-state index contributed by atoms with van der Waals surface area (Å²) in [5.41, 5.74) is 2.14. The van der Waals surface area contributed by atoms with Gasteiger partial charge in [-0.2, -0.15) is 9.97 Å². The first-order valence-corrected chi connectivity index (χ1v) is 15.1. The molecular formula is C31H38ClF2N7O. The van der Waals surface area contributed by atoms with Gasteiger partial charge in [0.15, 0.2) is 5.82 Å². The number of aromatic nitrogens is 3. The number of hydrogen-bond acceptors (Lipinski definition) is 8. The quantitative estimate of drug-likeness (QED) is 0.295. The summed E-state index contributed by atoms with van der Waals surface area (Å²) in [4.78, 5) is 18.2. The van der Waals surface area contributed by atoms with Crippen LogP contribution in [0.2, 0.25) is 5.02 Å². The summed E-state index contributed by atoms with van der Waals surface area (Å²) in [6, 6.07) is 1.82. The van der Waals surface area contributed by atoms with Crippen molar-refractivity contribution in [3.05, 3.63) is 39.8 Å². The fraction of sp³-hybridized carbons (Fsp3) is 0.548. The zero-order chi connectivity index (χ0) is 29.8. The van der Waals surface area contributed by atoms with Gasteiger partial charge in [-0.25, -0.2) is 8.78 Å². The second-order valence-electron chi connectivity index (χ2n) is 12.5. The molecule has 2 saturated heterocycles. The van der Waals surface area contributed by atoms with Gasteiger partial charge >= 0.3 is 6.01 Å².